The van der Waals surface area contributed by atoms with Gasteiger partial charge >= 0.3 is 0 Å². The van der Waals surface area contributed by atoms with E-state index in [9.17, 15) is 13.2 Å². The van der Waals surface area contributed by atoms with Gasteiger partial charge in [0, 0.05) is 5.02 Å². The molecule has 4 rings (SSSR count). The molecular formula is C30H28ClN3O5S. The second-order valence-electron chi connectivity index (χ2n) is 8.78. The minimum atomic E-state index is -4.05. The average molecular weight is 578 g/mol. The van der Waals surface area contributed by atoms with Crippen molar-refractivity contribution in [3.8, 4) is 11.5 Å². The summed E-state index contributed by atoms with van der Waals surface area (Å²) < 4.78 is 39.2. The second kappa shape index (κ2) is 13.1. The Morgan fingerprint density at radius 3 is 2.33 bits per heavy atom. The quantitative estimate of drug-likeness (QED) is 0.185. The molecule has 10 heteroatoms. The molecule has 4 aromatic rings. The first-order valence-electron chi connectivity index (χ1n) is 12.3. The van der Waals surface area contributed by atoms with Gasteiger partial charge in [0.05, 0.1) is 23.9 Å². The molecule has 0 heterocycles. The van der Waals surface area contributed by atoms with E-state index in [0.29, 0.717) is 34.4 Å². The summed E-state index contributed by atoms with van der Waals surface area (Å²) in [5.74, 6) is 0.438. The molecule has 8 nitrogen and oxygen atoms in total. The number of ether oxygens (including phenoxy) is 2. The minimum Gasteiger partial charge on any atom is -0.493 e. The van der Waals surface area contributed by atoms with Crippen LogP contribution in [-0.2, 0) is 21.4 Å². The van der Waals surface area contributed by atoms with E-state index in [1.165, 1.54) is 37.6 Å². The molecule has 1 amide bonds. The van der Waals surface area contributed by atoms with Crippen LogP contribution in [-0.4, -0.2) is 34.2 Å². The predicted octanol–water partition coefficient (Wildman–Crippen LogP) is 5.58. The molecule has 0 bridgehead atoms. The van der Waals surface area contributed by atoms with Crippen LogP contribution < -0.4 is 19.2 Å². The third kappa shape index (κ3) is 7.40. The molecule has 0 aliphatic carbocycles. The molecule has 0 aliphatic heterocycles. The Kier molecular flexibility index (Phi) is 9.42. The van der Waals surface area contributed by atoms with E-state index in [1.807, 2.05) is 37.3 Å². The number of rotatable bonds is 11. The molecule has 0 saturated heterocycles. The van der Waals surface area contributed by atoms with Gasteiger partial charge in [-0.1, -0.05) is 59.6 Å². The number of anilines is 1. The van der Waals surface area contributed by atoms with Crippen molar-refractivity contribution in [2.75, 3.05) is 18.0 Å². The molecule has 40 heavy (non-hydrogen) atoms. The van der Waals surface area contributed by atoms with Crippen LogP contribution in [0.15, 0.2) is 107 Å². The molecule has 206 valence electrons. The van der Waals surface area contributed by atoms with Crippen LogP contribution in [0.3, 0.4) is 0 Å². The van der Waals surface area contributed by atoms with Gasteiger partial charge in [0.2, 0.25) is 0 Å². The third-order valence-electron chi connectivity index (χ3n) is 5.84. The molecule has 0 spiro atoms. The van der Waals surface area contributed by atoms with Crippen LogP contribution in [0.25, 0.3) is 0 Å². The van der Waals surface area contributed by atoms with Gasteiger partial charge in [0.25, 0.3) is 15.9 Å². The van der Waals surface area contributed by atoms with Crippen molar-refractivity contribution in [3.63, 3.8) is 0 Å². The summed E-state index contributed by atoms with van der Waals surface area (Å²) in [7, 11) is -2.51. The van der Waals surface area contributed by atoms with E-state index >= 15 is 0 Å². The zero-order valence-electron chi connectivity index (χ0n) is 22.0. The maximum atomic E-state index is 13.5. The summed E-state index contributed by atoms with van der Waals surface area (Å²) in [6.45, 7) is 1.75. The predicted molar refractivity (Wildman–Crippen MR) is 157 cm³/mol. The van der Waals surface area contributed by atoms with Crippen LogP contribution >= 0.6 is 11.6 Å². The van der Waals surface area contributed by atoms with Crippen LogP contribution in [0.4, 0.5) is 5.69 Å². The highest BCUT2D eigenvalue weighted by Crippen LogP contribution is 2.28. The normalized spacial score (nSPS) is 11.3. The maximum absolute atomic E-state index is 13.5. The van der Waals surface area contributed by atoms with E-state index in [2.05, 4.69) is 10.5 Å². The van der Waals surface area contributed by atoms with Gasteiger partial charge in [-0.05, 0) is 72.6 Å². The smallest absolute Gasteiger partial charge is 0.264 e. The monoisotopic (exact) mass is 577 g/mol. The number of nitrogens with zero attached hydrogens (tertiary/aromatic N) is 2. The Labute approximate surface area is 238 Å². The van der Waals surface area contributed by atoms with Crippen LogP contribution in [0.5, 0.6) is 11.5 Å². The Morgan fingerprint density at radius 2 is 1.65 bits per heavy atom. The van der Waals surface area contributed by atoms with Gasteiger partial charge in [-0.3, -0.25) is 9.10 Å². The molecule has 0 saturated carbocycles. The van der Waals surface area contributed by atoms with Crippen molar-refractivity contribution in [2.24, 2.45) is 5.10 Å². The molecule has 0 atom stereocenters. The number of halogens is 1. The molecule has 4 aromatic carbocycles. The lowest BCUT2D eigenvalue weighted by Gasteiger charge is -2.23. The zero-order valence-corrected chi connectivity index (χ0v) is 23.5. The summed E-state index contributed by atoms with van der Waals surface area (Å²) in [6.07, 6.45) is 1.43. The molecular weight excluding hydrogens is 550 g/mol. The van der Waals surface area contributed by atoms with E-state index in [-0.39, 0.29) is 4.90 Å². The average Bonchev–Trinajstić information content (AvgIpc) is 2.96. The summed E-state index contributed by atoms with van der Waals surface area (Å²) in [5, 5.41) is 4.45. The number of amides is 1. The minimum absolute atomic E-state index is 0.0611. The molecule has 0 aromatic heterocycles. The van der Waals surface area contributed by atoms with E-state index in [0.717, 1.165) is 15.4 Å². The number of hydrogen-bond donors (Lipinski definition) is 1. The van der Waals surface area contributed by atoms with Crippen LogP contribution in [0.2, 0.25) is 5.02 Å². The first-order valence-corrected chi connectivity index (χ1v) is 14.1. The maximum Gasteiger partial charge on any atom is 0.264 e. The highest BCUT2D eigenvalue weighted by Gasteiger charge is 2.27. The fourth-order valence-corrected chi connectivity index (χ4v) is 5.27. The van der Waals surface area contributed by atoms with Crippen molar-refractivity contribution in [1.29, 1.82) is 0 Å². The summed E-state index contributed by atoms with van der Waals surface area (Å²) in [6, 6.07) is 27.6. The lowest BCUT2D eigenvalue weighted by atomic mass is 10.2. The number of aryl methyl sites for hydroxylation is 1. The second-order valence-corrected chi connectivity index (χ2v) is 11.1. The molecule has 0 unspecified atom stereocenters. The van der Waals surface area contributed by atoms with Gasteiger partial charge < -0.3 is 9.47 Å². The SMILES string of the molecule is COc1cc(/C=N/NC(=O)CN(c2ccc(Cl)cc2)S(=O)(=O)c2ccc(C)cc2)ccc1OCc1ccccc1. The molecule has 0 fully saturated rings. The number of carbonyl (C=O) groups is 1. The lowest BCUT2D eigenvalue weighted by Crippen LogP contribution is -2.39. The fourth-order valence-electron chi connectivity index (χ4n) is 3.72. The zero-order chi connectivity index (χ0) is 28.5. The Bertz CT molecular complexity index is 1580. The topological polar surface area (TPSA) is 97.3 Å². The van der Waals surface area contributed by atoms with Crippen LogP contribution in [0, 0.1) is 6.92 Å². The number of hydrazone groups is 1. The van der Waals surface area contributed by atoms with E-state index < -0.39 is 22.5 Å². The van der Waals surface area contributed by atoms with E-state index in [4.69, 9.17) is 21.1 Å². The van der Waals surface area contributed by atoms with Gasteiger partial charge in [-0.2, -0.15) is 5.10 Å². The fraction of sp³-hybridized carbons (Fsp3) is 0.133. The highest BCUT2D eigenvalue weighted by molar-refractivity contribution is 7.92. The van der Waals surface area contributed by atoms with Gasteiger partial charge in [-0.25, -0.2) is 13.8 Å². The summed E-state index contributed by atoms with van der Waals surface area (Å²) in [4.78, 5) is 12.9. The standard InChI is InChI=1S/C30H28ClN3O5S/c1-22-8-15-27(16-9-22)40(36,37)34(26-13-11-25(31)12-14-26)20-30(35)33-32-19-24-10-17-28(29(18-24)38-2)39-21-23-6-4-3-5-7-23/h3-19H,20-21H2,1-2H3,(H,33,35)/b32-19+. The number of sulfonamides is 1. The summed E-state index contributed by atoms with van der Waals surface area (Å²) >= 11 is 5.99. The number of methoxy groups -OCH3 is 1. The summed E-state index contributed by atoms with van der Waals surface area (Å²) in [5.41, 5.74) is 5.27. The van der Waals surface area contributed by atoms with Gasteiger partial charge in [-0.15, -0.1) is 0 Å². The van der Waals surface area contributed by atoms with Crippen molar-refractivity contribution < 1.29 is 22.7 Å². The van der Waals surface area contributed by atoms with Crippen molar-refractivity contribution in [1.82, 2.24) is 5.43 Å². The van der Waals surface area contributed by atoms with Crippen LogP contribution in [0.1, 0.15) is 16.7 Å². The molecule has 0 radical (unpaired) electrons. The van der Waals surface area contributed by atoms with Crippen molar-refractivity contribution in [3.05, 3.63) is 119 Å². The Hall–Kier alpha value is -4.34. The Balaban J connectivity index is 1.45. The van der Waals surface area contributed by atoms with Crippen molar-refractivity contribution in [2.45, 2.75) is 18.4 Å². The third-order valence-corrected chi connectivity index (χ3v) is 7.88. The van der Waals surface area contributed by atoms with Gasteiger partial charge in [0.15, 0.2) is 11.5 Å². The Morgan fingerprint density at radius 1 is 0.950 bits per heavy atom. The number of hydrogen-bond acceptors (Lipinski definition) is 6. The lowest BCUT2D eigenvalue weighted by molar-refractivity contribution is -0.119. The number of carbonyl (C=O) groups excluding carboxylic acids is 1. The number of benzene rings is 4. The molecule has 0 aliphatic rings. The first kappa shape index (κ1) is 28.7. The largest absolute Gasteiger partial charge is 0.493 e. The first-order chi connectivity index (χ1) is 19.3. The molecule has 1 N–H and O–H groups in total. The van der Waals surface area contributed by atoms with Crippen molar-refractivity contribution >= 4 is 39.4 Å². The number of nitrogens with one attached hydrogen (secondary N) is 1. The highest BCUT2D eigenvalue weighted by atomic mass is 35.5. The van der Waals surface area contributed by atoms with E-state index in [1.54, 1.807) is 42.5 Å². The van der Waals surface area contributed by atoms with Gasteiger partial charge in [0.1, 0.15) is 13.2 Å².